The van der Waals surface area contributed by atoms with Gasteiger partial charge in [0.1, 0.15) is 11.9 Å². The molecule has 1 aliphatic heterocycles. The molecule has 0 fully saturated rings. The molecule has 2 atom stereocenters. The van der Waals surface area contributed by atoms with Crippen LogP contribution in [0.1, 0.15) is 37.4 Å². The molecule has 0 bridgehead atoms. The van der Waals surface area contributed by atoms with E-state index in [4.69, 9.17) is 11.6 Å². The first-order valence-corrected chi connectivity index (χ1v) is 12.3. The maximum atomic E-state index is 13.1. The summed E-state index contributed by atoms with van der Waals surface area (Å²) < 4.78 is 27.3. The van der Waals surface area contributed by atoms with Gasteiger partial charge >= 0.3 is 0 Å². The molecule has 2 aromatic rings. The third-order valence-electron chi connectivity index (χ3n) is 5.30. The number of fused-ring (bicyclic) bond motifs is 1. The molecule has 0 saturated carbocycles. The predicted molar refractivity (Wildman–Crippen MR) is 127 cm³/mol. The third-order valence-corrected chi connectivity index (χ3v) is 7.04. The molecule has 1 heterocycles. The Morgan fingerprint density at radius 3 is 2.44 bits per heavy atom. The summed E-state index contributed by atoms with van der Waals surface area (Å²) in [6.45, 7) is 4.34. The molecule has 7 nitrogen and oxygen atoms in total. The van der Waals surface area contributed by atoms with Gasteiger partial charge in [0.2, 0.25) is 5.91 Å². The minimum absolute atomic E-state index is 0.120. The zero-order valence-electron chi connectivity index (χ0n) is 18.7. The zero-order valence-corrected chi connectivity index (χ0v) is 20.2. The molecule has 2 unspecified atom stereocenters. The second kappa shape index (κ2) is 10.0. The molecular weight excluding hydrogens is 448 g/mol. The van der Waals surface area contributed by atoms with E-state index < -0.39 is 16.1 Å². The standard InChI is InChI=1S/C23H29ClN4O3S/c1-15(2)13-19(26-22-17-10-6-8-12-21(17)32(30,31)27-22)23(29)25-14-20(28(3)4)16-9-5-7-11-18(16)24/h5-12,15,19-20H,13-14H2,1-4H3,(H,25,29)(H,26,27). The summed E-state index contributed by atoms with van der Waals surface area (Å²) in [5.41, 5.74) is 1.40. The normalized spacial score (nSPS) is 17.8. The van der Waals surface area contributed by atoms with Crippen LogP contribution in [0.2, 0.25) is 5.02 Å². The largest absolute Gasteiger partial charge is 0.352 e. The Kier molecular flexibility index (Phi) is 7.59. The number of amidine groups is 1. The quantitative estimate of drug-likeness (QED) is 0.612. The first-order valence-electron chi connectivity index (χ1n) is 10.5. The number of halogens is 1. The van der Waals surface area contributed by atoms with E-state index in [2.05, 4.69) is 15.0 Å². The molecule has 1 amide bonds. The molecular formula is C23H29ClN4O3S. The summed E-state index contributed by atoms with van der Waals surface area (Å²) in [6.07, 6.45) is 0.484. The first kappa shape index (κ1) is 24.2. The highest BCUT2D eigenvalue weighted by Gasteiger charge is 2.32. The molecule has 0 saturated heterocycles. The van der Waals surface area contributed by atoms with Crippen LogP contribution in [-0.4, -0.2) is 51.7 Å². The van der Waals surface area contributed by atoms with Crippen molar-refractivity contribution in [2.45, 2.75) is 37.2 Å². The summed E-state index contributed by atoms with van der Waals surface area (Å²) in [6, 6.07) is 13.3. The second-order valence-corrected chi connectivity index (χ2v) is 10.5. The Labute approximate surface area is 194 Å². The molecule has 0 spiro atoms. The lowest BCUT2D eigenvalue weighted by atomic mass is 10.0. The second-order valence-electron chi connectivity index (χ2n) is 8.47. The monoisotopic (exact) mass is 476 g/mol. The fraction of sp³-hybridized carbons (Fsp3) is 0.391. The number of rotatable bonds is 8. The summed E-state index contributed by atoms with van der Waals surface area (Å²) >= 11 is 6.37. The number of carbonyl (C=O) groups excluding carboxylic acids is 1. The lowest BCUT2D eigenvalue weighted by Gasteiger charge is -2.27. The molecule has 32 heavy (non-hydrogen) atoms. The Morgan fingerprint density at radius 2 is 1.78 bits per heavy atom. The van der Waals surface area contributed by atoms with E-state index in [1.807, 2.05) is 57.1 Å². The number of sulfonamides is 1. The molecule has 3 rings (SSSR count). The van der Waals surface area contributed by atoms with E-state index >= 15 is 0 Å². The van der Waals surface area contributed by atoms with Gasteiger partial charge in [0.25, 0.3) is 10.0 Å². The van der Waals surface area contributed by atoms with Gasteiger partial charge < -0.3 is 10.2 Å². The number of carbonyl (C=O) groups is 1. The SMILES string of the molecule is CC(C)CC(N=C1NS(=O)(=O)c2ccccc21)C(=O)NCC(c1ccccc1Cl)N(C)C. The highest BCUT2D eigenvalue weighted by Crippen LogP contribution is 2.26. The van der Waals surface area contributed by atoms with Gasteiger partial charge in [0.15, 0.2) is 0 Å². The van der Waals surface area contributed by atoms with Crippen LogP contribution in [0.5, 0.6) is 0 Å². The van der Waals surface area contributed by atoms with Gasteiger partial charge in [-0.15, -0.1) is 0 Å². The fourth-order valence-corrected chi connectivity index (χ4v) is 5.18. The lowest BCUT2D eigenvalue weighted by Crippen LogP contribution is -2.40. The zero-order chi connectivity index (χ0) is 23.5. The molecule has 172 valence electrons. The van der Waals surface area contributed by atoms with Crippen LogP contribution < -0.4 is 10.0 Å². The van der Waals surface area contributed by atoms with Crippen LogP contribution in [0.25, 0.3) is 0 Å². The Bertz CT molecular complexity index is 1120. The van der Waals surface area contributed by atoms with Crippen LogP contribution in [0.15, 0.2) is 58.4 Å². The van der Waals surface area contributed by atoms with Gasteiger partial charge in [0, 0.05) is 17.1 Å². The smallest absolute Gasteiger partial charge is 0.263 e. The molecule has 0 radical (unpaired) electrons. The number of hydrogen-bond acceptors (Lipinski definition) is 5. The number of likely N-dealkylation sites (N-methyl/N-ethyl adjacent to an activating group) is 1. The van der Waals surface area contributed by atoms with Gasteiger partial charge in [-0.3, -0.25) is 14.5 Å². The highest BCUT2D eigenvalue weighted by molar-refractivity contribution is 7.90. The summed E-state index contributed by atoms with van der Waals surface area (Å²) in [5.74, 6) is 0.141. The Balaban J connectivity index is 1.83. The number of nitrogens with one attached hydrogen (secondary N) is 2. The summed E-state index contributed by atoms with van der Waals surface area (Å²) in [7, 11) is 0.187. The van der Waals surface area contributed by atoms with Gasteiger partial charge in [-0.25, -0.2) is 8.42 Å². The molecule has 0 aromatic heterocycles. The van der Waals surface area contributed by atoms with Crippen LogP contribution in [0.3, 0.4) is 0 Å². The molecule has 2 N–H and O–H groups in total. The average Bonchev–Trinajstić information content (AvgIpc) is 2.98. The summed E-state index contributed by atoms with van der Waals surface area (Å²) in [4.78, 5) is 19.8. The van der Waals surface area contributed by atoms with E-state index in [1.165, 1.54) is 6.07 Å². The van der Waals surface area contributed by atoms with Gasteiger partial charge in [0.05, 0.1) is 10.9 Å². The van der Waals surface area contributed by atoms with Crippen molar-refractivity contribution in [1.29, 1.82) is 0 Å². The van der Waals surface area contributed by atoms with E-state index in [0.29, 0.717) is 23.6 Å². The van der Waals surface area contributed by atoms with Crippen molar-refractivity contribution in [2.75, 3.05) is 20.6 Å². The maximum absolute atomic E-state index is 13.1. The van der Waals surface area contributed by atoms with Gasteiger partial charge in [-0.1, -0.05) is 55.8 Å². The predicted octanol–water partition coefficient (Wildman–Crippen LogP) is 3.21. The van der Waals surface area contributed by atoms with E-state index in [9.17, 15) is 13.2 Å². The highest BCUT2D eigenvalue weighted by atomic mass is 35.5. The topological polar surface area (TPSA) is 90.9 Å². The van der Waals surface area contributed by atoms with Crippen LogP contribution >= 0.6 is 11.6 Å². The van der Waals surface area contributed by atoms with Crippen LogP contribution in [-0.2, 0) is 14.8 Å². The number of nitrogens with zero attached hydrogens (tertiary/aromatic N) is 2. The first-order chi connectivity index (χ1) is 15.1. The fourth-order valence-electron chi connectivity index (χ4n) is 3.68. The minimum Gasteiger partial charge on any atom is -0.352 e. The van der Waals surface area contributed by atoms with Crippen molar-refractivity contribution in [3.8, 4) is 0 Å². The molecule has 1 aliphatic rings. The number of aliphatic imine (C=N–C) groups is 1. The van der Waals surface area contributed by atoms with Gasteiger partial charge in [-0.05, 0) is 50.2 Å². The molecule has 2 aromatic carbocycles. The molecule has 0 aliphatic carbocycles. The average molecular weight is 477 g/mol. The lowest BCUT2D eigenvalue weighted by molar-refractivity contribution is -0.122. The number of amides is 1. The molecule has 9 heteroatoms. The van der Waals surface area contributed by atoms with E-state index in [0.717, 1.165) is 5.56 Å². The third kappa shape index (κ3) is 5.49. The van der Waals surface area contributed by atoms with Crippen molar-refractivity contribution in [1.82, 2.24) is 14.9 Å². The summed E-state index contributed by atoms with van der Waals surface area (Å²) in [5, 5.41) is 3.63. The Morgan fingerprint density at radius 1 is 1.12 bits per heavy atom. The van der Waals surface area contributed by atoms with Gasteiger partial charge in [-0.2, -0.15) is 0 Å². The van der Waals surface area contributed by atoms with Crippen molar-refractivity contribution < 1.29 is 13.2 Å². The number of benzene rings is 2. The van der Waals surface area contributed by atoms with Crippen molar-refractivity contribution in [2.24, 2.45) is 10.9 Å². The van der Waals surface area contributed by atoms with Crippen LogP contribution in [0, 0.1) is 5.92 Å². The van der Waals surface area contributed by atoms with Crippen molar-refractivity contribution >= 4 is 33.4 Å². The maximum Gasteiger partial charge on any atom is 0.263 e. The number of hydrogen-bond donors (Lipinski definition) is 2. The van der Waals surface area contributed by atoms with Crippen molar-refractivity contribution in [3.63, 3.8) is 0 Å². The van der Waals surface area contributed by atoms with E-state index in [-0.39, 0.29) is 28.6 Å². The Hall–Kier alpha value is -2.42. The van der Waals surface area contributed by atoms with E-state index in [1.54, 1.807) is 18.2 Å². The van der Waals surface area contributed by atoms with Crippen molar-refractivity contribution in [3.05, 3.63) is 64.7 Å². The minimum atomic E-state index is -3.67. The van der Waals surface area contributed by atoms with Crippen LogP contribution in [0.4, 0.5) is 0 Å².